The van der Waals surface area contributed by atoms with E-state index in [9.17, 15) is 19.5 Å². The second-order valence-corrected chi connectivity index (χ2v) is 25.9. The Morgan fingerprint density at radius 2 is 0.651 bits per heavy atom. The molecule has 2 atom stereocenters. The third kappa shape index (κ3) is 66.9. The minimum Gasteiger partial charge on any atom is -0.545 e. The SMILES string of the molecule is CCCCCCC/C=C\C/C=C\C/C=C\CCCCCCCCCCCCCCCCCCCCCCCCC(=O)OC(COC(=O)CCCCCCCCCCCCCCCCCCCCCCC)COC(OCC[N+](C)(C)C)C(=O)[O-]. The van der Waals surface area contributed by atoms with E-state index in [1.165, 1.54) is 283 Å². The summed E-state index contributed by atoms with van der Waals surface area (Å²) in [7, 11) is 5.94. The number of ether oxygens (including phenoxy) is 4. The molecular formula is C74H139NO8. The zero-order valence-electron chi connectivity index (χ0n) is 55.8. The molecule has 9 nitrogen and oxygen atoms in total. The van der Waals surface area contributed by atoms with Gasteiger partial charge in [-0.05, 0) is 51.4 Å². The fourth-order valence-electron chi connectivity index (χ4n) is 10.8. The Balaban J connectivity index is 4.00. The van der Waals surface area contributed by atoms with Crippen LogP contribution in [0.4, 0.5) is 0 Å². The van der Waals surface area contributed by atoms with E-state index in [1.807, 2.05) is 21.1 Å². The van der Waals surface area contributed by atoms with Gasteiger partial charge in [0.2, 0.25) is 0 Å². The van der Waals surface area contributed by atoms with Gasteiger partial charge < -0.3 is 33.3 Å². The summed E-state index contributed by atoms with van der Waals surface area (Å²) in [6.45, 7) is 4.81. The largest absolute Gasteiger partial charge is 0.545 e. The van der Waals surface area contributed by atoms with Gasteiger partial charge in [-0.3, -0.25) is 9.59 Å². The van der Waals surface area contributed by atoms with Crippen LogP contribution in [0, 0.1) is 0 Å². The smallest absolute Gasteiger partial charge is 0.306 e. The first kappa shape index (κ1) is 80.5. The van der Waals surface area contributed by atoms with Crippen molar-refractivity contribution in [3.8, 4) is 0 Å². The van der Waals surface area contributed by atoms with Gasteiger partial charge in [0.1, 0.15) is 13.2 Å². The number of hydrogen-bond acceptors (Lipinski definition) is 8. The van der Waals surface area contributed by atoms with Crippen LogP contribution < -0.4 is 5.11 Å². The number of carboxylic acids is 1. The standard InChI is InChI=1S/C74H139NO8/c1-6-8-10-12-14-16-18-20-22-24-26-28-29-30-31-32-33-34-35-36-37-38-39-40-41-42-43-45-47-49-51-53-55-57-59-61-63-65-72(77)83-70(69-82-74(73(78)79)80-67-66-75(3,4)5)68-81-71(76)64-62-60-58-56-54-52-50-48-46-44-27-25-23-21-19-17-15-13-11-9-7-2/h18,20,24,26,29-30,70,74H,6-17,19,21-23,25,27-28,31-69H2,1-5H3/b20-18-,26-24-,30-29-. The Labute approximate surface area is 515 Å². The van der Waals surface area contributed by atoms with Gasteiger partial charge in [0, 0.05) is 12.8 Å². The number of nitrogens with zero attached hydrogens (tertiary/aromatic N) is 1. The van der Waals surface area contributed by atoms with E-state index < -0.39 is 24.3 Å². The van der Waals surface area contributed by atoms with Gasteiger partial charge in [0.05, 0.1) is 40.3 Å². The lowest BCUT2D eigenvalue weighted by Crippen LogP contribution is -2.44. The van der Waals surface area contributed by atoms with Crippen molar-refractivity contribution in [3.63, 3.8) is 0 Å². The molecular weight excluding hydrogens is 1030 g/mol. The molecule has 0 fully saturated rings. The van der Waals surface area contributed by atoms with Crippen molar-refractivity contribution in [3.05, 3.63) is 36.5 Å². The molecule has 9 heteroatoms. The van der Waals surface area contributed by atoms with Crippen molar-refractivity contribution < 1.29 is 42.9 Å². The third-order valence-electron chi connectivity index (χ3n) is 16.4. The molecule has 0 saturated heterocycles. The summed E-state index contributed by atoms with van der Waals surface area (Å²) in [5, 5.41) is 11.8. The number of quaternary nitrogens is 1. The van der Waals surface area contributed by atoms with Crippen molar-refractivity contribution in [2.24, 2.45) is 0 Å². The number of carboxylic acid groups (broad SMARTS) is 1. The van der Waals surface area contributed by atoms with Crippen LogP contribution >= 0.6 is 0 Å². The number of hydrogen-bond donors (Lipinski definition) is 0. The molecule has 0 bridgehead atoms. The van der Waals surface area contributed by atoms with Crippen LogP contribution in [0.3, 0.4) is 0 Å². The fraction of sp³-hybridized carbons (Fsp3) is 0.878. The van der Waals surface area contributed by atoms with E-state index in [1.54, 1.807) is 0 Å². The molecule has 0 aliphatic heterocycles. The second-order valence-electron chi connectivity index (χ2n) is 25.9. The molecule has 0 aliphatic rings. The Bertz CT molecular complexity index is 1450. The van der Waals surface area contributed by atoms with E-state index in [0.29, 0.717) is 17.4 Å². The molecule has 0 aromatic heterocycles. The maximum absolute atomic E-state index is 12.9. The van der Waals surface area contributed by atoms with Crippen molar-refractivity contribution >= 4 is 17.9 Å². The molecule has 0 rings (SSSR count). The van der Waals surface area contributed by atoms with E-state index in [4.69, 9.17) is 18.9 Å². The average molecular weight is 1170 g/mol. The average Bonchev–Trinajstić information content (AvgIpc) is 3.46. The van der Waals surface area contributed by atoms with E-state index in [2.05, 4.69) is 50.3 Å². The van der Waals surface area contributed by atoms with Gasteiger partial charge in [-0.25, -0.2) is 0 Å². The number of likely N-dealkylation sites (N-methyl/N-ethyl adjacent to an activating group) is 1. The molecule has 0 spiro atoms. The summed E-state index contributed by atoms with van der Waals surface area (Å²) < 4.78 is 22.8. The summed E-state index contributed by atoms with van der Waals surface area (Å²) in [5.41, 5.74) is 0. The van der Waals surface area contributed by atoms with E-state index in [-0.39, 0.29) is 32.2 Å². The number of esters is 2. The Morgan fingerprint density at radius 1 is 0.361 bits per heavy atom. The Morgan fingerprint density at radius 3 is 0.964 bits per heavy atom. The molecule has 0 N–H and O–H groups in total. The first-order valence-corrected chi connectivity index (χ1v) is 36.1. The maximum atomic E-state index is 12.9. The Hall–Kier alpha value is -2.49. The van der Waals surface area contributed by atoms with Gasteiger partial charge in [-0.2, -0.15) is 0 Å². The first-order valence-electron chi connectivity index (χ1n) is 36.1. The summed E-state index contributed by atoms with van der Waals surface area (Å²) in [6.07, 6.45) is 79.6. The normalized spacial score (nSPS) is 12.8. The van der Waals surface area contributed by atoms with Gasteiger partial charge in [-0.15, -0.1) is 0 Å². The zero-order chi connectivity index (χ0) is 60.5. The molecule has 0 heterocycles. The number of carbonyl (C=O) groups is 3. The van der Waals surface area contributed by atoms with Crippen LogP contribution in [-0.2, 0) is 33.3 Å². The van der Waals surface area contributed by atoms with E-state index in [0.717, 1.165) is 51.4 Å². The summed E-state index contributed by atoms with van der Waals surface area (Å²) in [5.74, 6) is -2.25. The molecule has 0 saturated carbocycles. The number of rotatable bonds is 68. The molecule has 0 amide bonds. The van der Waals surface area contributed by atoms with Crippen LogP contribution in [0.25, 0.3) is 0 Å². The van der Waals surface area contributed by atoms with Crippen LogP contribution in [-0.4, -0.2) is 82.3 Å². The van der Waals surface area contributed by atoms with Crippen molar-refractivity contribution in [1.29, 1.82) is 0 Å². The second kappa shape index (κ2) is 65.5. The van der Waals surface area contributed by atoms with Gasteiger partial charge in [0.15, 0.2) is 12.4 Å². The first-order chi connectivity index (χ1) is 40.6. The van der Waals surface area contributed by atoms with Crippen LogP contribution in [0.15, 0.2) is 36.5 Å². The lowest BCUT2D eigenvalue weighted by molar-refractivity contribution is -0.870. The molecule has 0 aliphatic carbocycles. The number of unbranched alkanes of at least 4 members (excludes halogenated alkanes) is 47. The molecule has 488 valence electrons. The van der Waals surface area contributed by atoms with E-state index >= 15 is 0 Å². The van der Waals surface area contributed by atoms with Crippen LogP contribution in [0.5, 0.6) is 0 Å². The van der Waals surface area contributed by atoms with Crippen molar-refractivity contribution in [1.82, 2.24) is 0 Å². The number of carbonyl (C=O) groups excluding carboxylic acids is 3. The fourth-order valence-corrected chi connectivity index (χ4v) is 10.8. The summed E-state index contributed by atoms with van der Waals surface area (Å²) in [6, 6.07) is 0. The molecule has 0 aromatic rings. The number of aliphatic carboxylic acids is 1. The quantitative estimate of drug-likeness (QED) is 0.0195. The molecule has 83 heavy (non-hydrogen) atoms. The van der Waals surface area contributed by atoms with Crippen molar-refractivity contribution in [2.45, 2.75) is 373 Å². The predicted molar refractivity (Wildman–Crippen MR) is 353 cm³/mol. The van der Waals surface area contributed by atoms with Crippen molar-refractivity contribution in [2.75, 3.05) is 47.5 Å². The molecule has 0 aromatic carbocycles. The highest BCUT2D eigenvalue weighted by Gasteiger charge is 2.22. The lowest BCUT2D eigenvalue weighted by atomic mass is 10.0. The highest BCUT2D eigenvalue weighted by atomic mass is 16.7. The minimum absolute atomic E-state index is 0.151. The topological polar surface area (TPSA) is 111 Å². The van der Waals surface area contributed by atoms with Gasteiger partial charge >= 0.3 is 11.9 Å². The number of allylic oxidation sites excluding steroid dienone is 6. The summed E-state index contributed by atoms with van der Waals surface area (Å²) >= 11 is 0. The summed E-state index contributed by atoms with van der Waals surface area (Å²) in [4.78, 5) is 37.5. The van der Waals surface area contributed by atoms with Gasteiger partial charge in [-0.1, -0.05) is 333 Å². The van der Waals surface area contributed by atoms with Crippen LogP contribution in [0.2, 0.25) is 0 Å². The van der Waals surface area contributed by atoms with Crippen LogP contribution in [0.1, 0.15) is 361 Å². The monoisotopic (exact) mass is 1170 g/mol. The predicted octanol–water partition coefficient (Wildman–Crippen LogP) is 21.0. The third-order valence-corrected chi connectivity index (χ3v) is 16.4. The highest BCUT2D eigenvalue weighted by molar-refractivity contribution is 5.70. The Kier molecular flexibility index (Phi) is 63.5. The molecule has 2 unspecified atom stereocenters. The van der Waals surface area contributed by atoms with Gasteiger partial charge in [0.25, 0.3) is 0 Å². The molecule has 0 radical (unpaired) electrons. The maximum Gasteiger partial charge on any atom is 0.306 e. The lowest BCUT2D eigenvalue weighted by Gasteiger charge is -2.26. The zero-order valence-corrected chi connectivity index (χ0v) is 55.8. The highest BCUT2D eigenvalue weighted by Crippen LogP contribution is 2.19. The minimum atomic E-state index is -1.62.